The molecule has 1 fully saturated rings. The van der Waals surface area contributed by atoms with Crippen molar-refractivity contribution in [2.45, 2.75) is 5.16 Å². The zero-order valence-electron chi connectivity index (χ0n) is 9.36. The maximum Gasteiger partial charge on any atom is 0.343 e. The minimum Gasteiger partial charge on any atom is -0.370 e. The Kier molecular flexibility index (Phi) is 4.03. The topological polar surface area (TPSA) is 64.3 Å². The van der Waals surface area contributed by atoms with E-state index >= 15 is 0 Å². The van der Waals surface area contributed by atoms with E-state index in [2.05, 4.69) is 10.2 Å². The quantitative estimate of drug-likeness (QED) is 0.609. The van der Waals surface area contributed by atoms with Crippen molar-refractivity contribution in [1.82, 2.24) is 14.8 Å². The van der Waals surface area contributed by atoms with Crippen LogP contribution in [-0.2, 0) is 11.8 Å². The van der Waals surface area contributed by atoms with Gasteiger partial charge in [-0.15, -0.1) is 5.10 Å². The Bertz CT molecular complexity index is 383. The number of nitrogens with one attached hydrogen (secondary N) is 2. The van der Waals surface area contributed by atoms with Crippen LogP contribution in [0.1, 0.15) is 0 Å². The number of rotatable bonds is 4. The van der Waals surface area contributed by atoms with Gasteiger partial charge in [-0.25, -0.2) is 9.89 Å². The van der Waals surface area contributed by atoms with Gasteiger partial charge in [0.25, 0.3) is 0 Å². The Balaban J connectivity index is 1.75. The zero-order valence-corrected chi connectivity index (χ0v) is 10.2. The number of quaternary nitrogens is 1. The molecular formula is C9H17N4O2S+. The van der Waals surface area contributed by atoms with Gasteiger partial charge in [-0.2, -0.15) is 0 Å². The molecule has 1 aliphatic rings. The van der Waals surface area contributed by atoms with Crippen LogP contribution in [-0.4, -0.2) is 53.4 Å². The van der Waals surface area contributed by atoms with E-state index in [1.165, 1.54) is 0 Å². The monoisotopic (exact) mass is 245 g/mol. The van der Waals surface area contributed by atoms with E-state index in [0.717, 1.165) is 43.8 Å². The van der Waals surface area contributed by atoms with E-state index in [0.29, 0.717) is 0 Å². The van der Waals surface area contributed by atoms with Crippen molar-refractivity contribution in [2.75, 3.05) is 38.6 Å². The van der Waals surface area contributed by atoms with Gasteiger partial charge in [0, 0.05) is 7.05 Å². The third-order valence-corrected chi connectivity index (χ3v) is 3.76. The molecular weight excluding hydrogens is 228 g/mol. The lowest BCUT2D eigenvalue weighted by molar-refractivity contribution is -0.905. The molecule has 6 nitrogen and oxygen atoms in total. The number of morpholine rings is 1. The number of H-pyrrole nitrogens is 1. The second-order valence-corrected chi connectivity index (χ2v) is 4.89. The molecule has 0 atom stereocenters. The van der Waals surface area contributed by atoms with E-state index < -0.39 is 0 Å². The highest BCUT2D eigenvalue weighted by Crippen LogP contribution is 2.09. The average molecular weight is 245 g/mol. The SMILES string of the molecule is Cn1c(SCC[NH+]2CCOCC2)n[nH]c1=O. The van der Waals surface area contributed by atoms with Crippen LogP contribution in [0.5, 0.6) is 0 Å². The zero-order chi connectivity index (χ0) is 11.4. The molecule has 0 aromatic carbocycles. The second kappa shape index (κ2) is 5.51. The van der Waals surface area contributed by atoms with Crippen LogP contribution < -0.4 is 10.6 Å². The van der Waals surface area contributed by atoms with Crippen molar-refractivity contribution in [2.24, 2.45) is 7.05 Å². The van der Waals surface area contributed by atoms with Gasteiger partial charge in [0.05, 0.1) is 25.5 Å². The third kappa shape index (κ3) is 2.87. The number of ether oxygens (including phenoxy) is 1. The predicted molar refractivity (Wildman–Crippen MR) is 60.9 cm³/mol. The molecule has 7 heteroatoms. The minimum absolute atomic E-state index is 0.152. The molecule has 90 valence electrons. The lowest BCUT2D eigenvalue weighted by Gasteiger charge is -2.23. The first-order valence-corrected chi connectivity index (χ1v) is 6.41. The van der Waals surface area contributed by atoms with Gasteiger partial charge >= 0.3 is 5.69 Å². The smallest absolute Gasteiger partial charge is 0.343 e. The molecule has 0 saturated carbocycles. The Labute approximate surface area is 98.0 Å². The van der Waals surface area contributed by atoms with Crippen LogP contribution in [0.3, 0.4) is 0 Å². The van der Waals surface area contributed by atoms with Gasteiger partial charge in [0.1, 0.15) is 13.1 Å². The molecule has 0 unspecified atom stereocenters. The third-order valence-electron chi connectivity index (χ3n) is 2.73. The Morgan fingerprint density at radius 2 is 2.31 bits per heavy atom. The molecule has 0 radical (unpaired) electrons. The summed E-state index contributed by atoms with van der Waals surface area (Å²) >= 11 is 1.62. The van der Waals surface area contributed by atoms with E-state index in [9.17, 15) is 4.79 Å². The molecule has 0 aliphatic carbocycles. The molecule has 16 heavy (non-hydrogen) atoms. The number of thioether (sulfide) groups is 1. The fourth-order valence-corrected chi connectivity index (χ4v) is 2.62. The lowest BCUT2D eigenvalue weighted by Crippen LogP contribution is -3.14. The Hall–Kier alpha value is -0.790. The fraction of sp³-hybridized carbons (Fsp3) is 0.778. The average Bonchev–Trinajstić information content (AvgIpc) is 2.62. The van der Waals surface area contributed by atoms with Gasteiger partial charge in [-0.1, -0.05) is 11.8 Å². The number of hydrogen-bond acceptors (Lipinski definition) is 4. The van der Waals surface area contributed by atoms with Gasteiger partial charge in [0.15, 0.2) is 5.16 Å². The van der Waals surface area contributed by atoms with Crippen LogP contribution in [0.15, 0.2) is 9.95 Å². The number of aromatic nitrogens is 3. The van der Waals surface area contributed by atoms with Crippen LogP contribution in [0, 0.1) is 0 Å². The van der Waals surface area contributed by atoms with Crippen molar-refractivity contribution in [3.8, 4) is 0 Å². The summed E-state index contributed by atoms with van der Waals surface area (Å²) in [7, 11) is 1.73. The molecule has 1 aliphatic heterocycles. The van der Waals surface area contributed by atoms with Gasteiger partial charge in [-0.3, -0.25) is 4.57 Å². The maximum atomic E-state index is 11.1. The van der Waals surface area contributed by atoms with E-state index in [1.54, 1.807) is 28.3 Å². The van der Waals surface area contributed by atoms with Crippen molar-refractivity contribution in [3.05, 3.63) is 10.5 Å². The molecule has 1 saturated heterocycles. The van der Waals surface area contributed by atoms with Crippen molar-refractivity contribution >= 4 is 11.8 Å². The van der Waals surface area contributed by atoms with Crippen LogP contribution in [0.4, 0.5) is 0 Å². The molecule has 1 aromatic rings. The summed E-state index contributed by atoms with van der Waals surface area (Å²) in [6.07, 6.45) is 0. The highest BCUT2D eigenvalue weighted by Gasteiger charge is 2.14. The highest BCUT2D eigenvalue weighted by molar-refractivity contribution is 7.99. The fourth-order valence-electron chi connectivity index (χ4n) is 1.66. The van der Waals surface area contributed by atoms with Crippen LogP contribution in [0.2, 0.25) is 0 Å². The van der Waals surface area contributed by atoms with Gasteiger partial charge < -0.3 is 9.64 Å². The molecule has 2 N–H and O–H groups in total. The Morgan fingerprint density at radius 3 is 2.94 bits per heavy atom. The summed E-state index contributed by atoms with van der Waals surface area (Å²) in [5, 5.41) is 7.15. The maximum absolute atomic E-state index is 11.1. The highest BCUT2D eigenvalue weighted by atomic mass is 32.2. The first kappa shape index (κ1) is 11.7. The van der Waals surface area contributed by atoms with Gasteiger partial charge in [-0.05, 0) is 0 Å². The van der Waals surface area contributed by atoms with Gasteiger partial charge in [0.2, 0.25) is 0 Å². The summed E-state index contributed by atoms with van der Waals surface area (Å²) in [5.74, 6) is 0.980. The van der Waals surface area contributed by atoms with Crippen molar-refractivity contribution in [1.29, 1.82) is 0 Å². The van der Waals surface area contributed by atoms with Crippen molar-refractivity contribution < 1.29 is 9.64 Å². The number of nitrogens with zero attached hydrogens (tertiary/aromatic N) is 2. The first-order valence-electron chi connectivity index (χ1n) is 5.43. The minimum atomic E-state index is -0.152. The normalized spacial score (nSPS) is 17.8. The van der Waals surface area contributed by atoms with E-state index in [1.807, 2.05) is 0 Å². The Morgan fingerprint density at radius 1 is 1.56 bits per heavy atom. The summed E-state index contributed by atoms with van der Waals surface area (Å²) in [4.78, 5) is 12.7. The number of hydrogen-bond donors (Lipinski definition) is 2. The van der Waals surface area contributed by atoms with Crippen molar-refractivity contribution in [3.63, 3.8) is 0 Å². The predicted octanol–water partition coefficient (Wildman–Crippen LogP) is -1.88. The first-order chi connectivity index (χ1) is 7.77. The van der Waals surface area contributed by atoms with E-state index in [4.69, 9.17) is 4.74 Å². The van der Waals surface area contributed by atoms with Crippen LogP contribution >= 0.6 is 11.8 Å². The molecule has 0 bridgehead atoms. The molecule has 0 spiro atoms. The molecule has 2 heterocycles. The number of aromatic amines is 1. The molecule has 0 amide bonds. The van der Waals surface area contributed by atoms with Crippen LogP contribution in [0.25, 0.3) is 0 Å². The summed E-state index contributed by atoms with van der Waals surface area (Å²) < 4.78 is 6.84. The second-order valence-electron chi connectivity index (χ2n) is 3.83. The standard InChI is InChI=1S/C9H16N4O2S/c1-12-8(14)10-11-9(12)16-7-4-13-2-5-15-6-3-13/h2-7H2,1H3,(H,10,14)/p+1. The summed E-state index contributed by atoms with van der Waals surface area (Å²) in [6, 6.07) is 0. The molecule has 2 rings (SSSR count). The largest absolute Gasteiger partial charge is 0.370 e. The summed E-state index contributed by atoms with van der Waals surface area (Å²) in [6.45, 7) is 4.98. The lowest BCUT2D eigenvalue weighted by atomic mass is 10.4. The molecule has 1 aromatic heterocycles. The summed E-state index contributed by atoms with van der Waals surface area (Å²) in [5.41, 5.74) is -0.152. The van der Waals surface area contributed by atoms with E-state index in [-0.39, 0.29) is 5.69 Å².